The molecule has 8 heteroatoms. The Morgan fingerprint density at radius 2 is 1.63 bits per heavy atom. The lowest BCUT2D eigenvalue weighted by Gasteiger charge is -2.40. The Hall–Kier alpha value is -3.49. The predicted molar refractivity (Wildman–Crippen MR) is 174 cm³/mol. The lowest BCUT2D eigenvalue weighted by atomic mass is 9.82. The average molecular weight is 594 g/mol. The van der Waals surface area contributed by atoms with Gasteiger partial charge in [-0.3, -0.25) is 9.97 Å². The first-order chi connectivity index (χ1) is 20.3. The second kappa shape index (κ2) is 16.4. The number of pyridine rings is 2. The summed E-state index contributed by atoms with van der Waals surface area (Å²) in [4.78, 5) is 23.3. The Labute approximate surface area is 258 Å². The molecule has 8 nitrogen and oxygen atoms in total. The Kier molecular flexibility index (Phi) is 13.6. The maximum absolute atomic E-state index is 11.5. The number of anilines is 1. The summed E-state index contributed by atoms with van der Waals surface area (Å²) in [6.07, 6.45) is 8.04. The van der Waals surface area contributed by atoms with Crippen molar-refractivity contribution in [3.8, 4) is 22.8 Å². The van der Waals surface area contributed by atoms with E-state index in [1.807, 2.05) is 37.4 Å². The minimum absolute atomic E-state index is 0.338. The lowest BCUT2D eigenvalue weighted by molar-refractivity contribution is -0.107. The number of carbonyl (C=O) groups excluding carboxylic acids is 1. The van der Waals surface area contributed by atoms with Gasteiger partial charge in [0, 0.05) is 56.1 Å². The van der Waals surface area contributed by atoms with Crippen molar-refractivity contribution < 1.29 is 24.5 Å². The van der Waals surface area contributed by atoms with Gasteiger partial charge in [-0.2, -0.15) is 0 Å². The number of rotatable bonds is 9. The highest BCUT2D eigenvalue weighted by atomic mass is 16.5. The van der Waals surface area contributed by atoms with E-state index < -0.39 is 5.60 Å². The fourth-order valence-electron chi connectivity index (χ4n) is 4.83. The van der Waals surface area contributed by atoms with Crippen LogP contribution in [0.2, 0.25) is 0 Å². The summed E-state index contributed by atoms with van der Waals surface area (Å²) in [7, 11) is 2.68. The molecule has 0 radical (unpaired) electrons. The summed E-state index contributed by atoms with van der Waals surface area (Å²) in [6.45, 7) is 16.4. The van der Waals surface area contributed by atoms with E-state index in [-0.39, 0.29) is 0 Å². The number of hydrogen-bond acceptors (Lipinski definition) is 8. The number of methoxy groups -OCH3 is 1. The number of aromatic nitrogens is 2. The number of carbonyl (C=O) groups is 1. The first-order valence-electron chi connectivity index (χ1n) is 14.9. The van der Waals surface area contributed by atoms with Gasteiger partial charge in [0.15, 0.2) is 0 Å². The number of aryl methyl sites for hydroxylation is 2. The molecule has 0 saturated carbocycles. The molecule has 1 aliphatic heterocycles. The second-order valence-electron chi connectivity index (χ2n) is 12.5. The molecule has 236 valence electrons. The molecule has 0 amide bonds. The number of hydrogen-bond donors (Lipinski definition) is 2. The Bertz CT molecular complexity index is 1280. The minimum Gasteiger partial charge on any atom is -0.497 e. The molecular formula is C35H51N3O5. The Balaban J connectivity index is 0.000000836. The molecule has 0 atom stereocenters. The van der Waals surface area contributed by atoms with E-state index in [0.29, 0.717) is 18.4 Å². The van der Waals surface area contributed by atoms with Crippen LogP contribution < -0.4 is 14.4 Å². The van der Waals surface area contributed by atoms with Crippen molar-refractivity contribution in [2.45, 2.75) is 79.8 Å². The van der Waals surface area contributed by atoms with E-state index in [9.17, 15) is 4.79 Å². The third-order valence-electron chi connectivity index (χ3n) is 7.29. The summed E-state index contributed by atoms with van der Waals surface area (Å²) in [6, 6.07) is 10.1. The van der Waals surface area contributed by atoms with E-state index >= 15 is 0 Å². The number of aliphatic hydroxyl groups excluding tert-OH is 1. The summed E-state index contributed by atoms with van der Waals surface area (Å²) in [5.74, 6) is 1.60. The first kappa shape index (κ1) is 35.7. The topological polar surface area (TPSA) is 105 Å². The van der Waals surface area contributed by atoms with E-state index in [1.54, 1.807) is 34.1 Å². The van der Waals surface area contributed by atoms with E-state index in [0.717, 1.165) is 85.4 Å². The molecule has 43 heavy (non-hydrogen) atoms. The number of benzene rings is 1. The third kappa shape index (κ3) is 11.3. The average Bonchev–Trinajstić information content (AvgIpc) is 2.96. The zero-order valence-electron chi connectivity index (χ0n) is 27.5. The van der Waals surface area contributed by atoms with Gasteiger partial charge >= 0.3 is 0 Å². The molecule has 1 saturated heterocycles. The molecule has 0 bridgehead atoms. The number of nitrogens with zero attached hydrogens (tertiary/aromatic N) is 3. The van der Waals surface area contributed by atoms with Gasteiger partial charge in [-0.15, -0.1) is 0 Å². The predicted octanol–water partition coefficient (Wildman–Crippen LogP) is 6.14. The summed E-state index contributed by atoms with van der Waals surface area (Å²) in [5, 5.41) is 15.5. The third-order valence-corrected chi connectivity index (χ3v) is 7.29. The smallest absolute Gasteiger partial charge is 0.137 e. The van der Waals surface area contributed by atoms with Crippen LogP contribution in [0.1, 0.15) is 69.8 Å². The lowest BCUT2D eigenvalue weighted by Crippen LogP contribution is -2.38. The van der Waals surface area contributed by atoms with Crippen LogP contribution in [-0.2, 0) is 17.6 Å². The van der Waals surface area contributed by atoms with Crippen LogP contribution in [0.4, 0.5) is 5.69 Å². The van der Waals surface area contributed by atoms with Crippen LogP contribution in [0.5, 0.6) is 11.5 Å². The highest BCUT2D eigenvalue weighted by Crippen LogP contribution is 2.39. The van der Waals surface area contributed by atoms with E-state index in [1.165, 1.54) is 11.1 Å². The maximum Gasteiger partial charge on any atom is 0.137 e. The summed E-state index contributed by atoms with van der Waals surface area (Å²) in [5.41, 5.74) is 7.08. The molecule has 4 rings (SSSR count). The van der Waals surface area contributed by atoms with Gasteiger partial charge in [0.2, 0.25) is 0 Å². The fraction of sp³-hybridized carbons (Fsp3) is 0.514. The van der Waals surface area contributed by atoms with Gasteiger partial charge in [0.1, 0.15) is 17.8 Å². The summed E-state index contributed by atoms with van der Waals surface area (Å²) < 4.78 is 11.3. The van der Waals surface area contributed by atoms with Crippen molar-refractivity contribution in [1.82, 2.24) is 9.97 Å². The normalized spacial score (nSPS) is 14.1. The number of piperidine rings is 1. The molecule has 1 aliphatic rings. The molecule has 0 aliphatic carbocycles. The molecule has 1 aromatic carbocycles. The van der Waals surface area contributed by atoms with Crippen LogP contribution in [0.15, 0.2) is 42.7 Å². The number of aldehydes is 1. The van der Waals surface area contributed by atoms with Gasteiger partial charge in [0.25, 0.3) is 0 Å². The summed E-state index contributed by atoms with van der Waals surface area (Å²) >= 11 is 0. The van der Waals surface area contributed by atoms with Crippen molar-refractivity contribution in [2.75, 3.05) is 38.8 Å². The Morgan fingerprint density at radius 1 is 1.00 bits per heavy atom. The molecule has 0 unspecified atom stereocenters. The van der Waals surface area contributed by atoms with Crippen LogP contribution >= 0.6 is 0 Å². The van der Waals surface area contributed by atoms with Crippen molar-refractivity contribution in [2.24, 2.45) is 5.41 Å². The maximum atomic E-state index is 11.5. The molecule has 3 aromatic rings. The second-order valence-corrected chi connectivity index (χ2v) is 12.5. The quantitative estimate of drug-likeness (QED) is 0.285. The van der Waals surface area contributed by atoms with Crippen LogP contribution in [0.25, 0.3) is 11.3 Å². The zero-order valence-corrected chi connectivity index (χ0v) is 27.5. The molecule has 3 heterocycles. The first-order valence-corrected chi connectivity index (χ1v) is 14.9. The SMILES string of the molecule is CC(C)(C)O.CO.COc1ccc(CCOc2ccc(-c3cnc(C)c(CC=O)c3N3CCC(C)(C)CC3)nc2)c(C)c1. The van der Waals surface area contributed by atoms with Crippen molar-refractivity contribution in [1.29, 1.82) is 0 Å². The van der Waals surface area contributed by atoms with Crippen LogP contribution in [0, 0.1) is 19.3 Å². The standard InChI is InChI=1S/C30H37N3O3.C4H10O.CH4O/c1-21-18-24(35-5)7-6-23(21)11-17-36-25-8-9-28(32-19-25)27-20-31-22(2)26(10-16-34)29(27)33-14-12-30(3,4)13-15-33;1-4(2,3)5;1-2/h6-9,16,18-20H,10-15,17H2,1-5H3;5H,1-3H3;2H,1H3. The van der Waals surface area contributed by atoms with Gasteiger partial charge in [-0.1, -0.05) is 19.9 Å². The van der Waals surface area contributed by atoms with Crippen molar-refractivity contribution in [3.05, 3.63) is 65.1 Å². The van der Waals surface area contributed by atoms with E-state index in [2.05, 4.69) is 36.7 Å². The van der Waals surface area contributed by atoms with Gasteiger partial charge < -0.3 is 29.4 Å². The molecule has 0 spiro atoms. The highest BCUT2D eigenvalue weighted by molar-refractivity contribution is 5.81. The molecule has 2 N–H and O–H groups in total. The highest BCUT2D eigenvalue weighted by Gasteiger charge is 2.29. The van der Waals surface area contributed by atoms with Crippen molar-refractivity contribution >= 4 is 12.0 Å². The minimum atomic E-state index is -0.500. The Morgan fingerprint density at radius 3 is 2.16 bits per heavy atom. The fourth-order valence-corrected chi connectivity index (χ4v) is 4.83. The van der Waals surface area contributed by atoms with Crippen molar-refractivity contribution in [3.63, 3.8) is 0 Å². The number of ether oxygens (including phenoxy) is 2. The van der Waals surface area contributed by atoms with Gasteiger partial charge in [-0.05, 0) is 88.3 Å². The van der Waals surface area contributed by atoms with Crippen LogP contribution in [0.3, 0.4) is 0 Å². The molecule has 2 aromatic heterocycles. The molecular weight excluding hydrogens is 542 g/mol. The monoisotopic (exact) mass is 593 g/mol. The molecule has 1 fully saturated rings. The largest absolute Gasteiger partial charge is 0.497 e. The van der Waals surface area contributed by atoms with Gasteiger partial charge in [-0.25, -0.2) is 0 Å². The van der Waals surface area contributed by atoms with E-state index in [4.69, 9.17) is 24.7 Å². The number of aliphatic hydroxyl groups is 2. The zero-order chi connectivity index (χ0) is 32.2. The van der Waals surface area contributed by atoms with Crippen LogP contribution in [-0.4, -0.2) is 66.0 Å². The van der Waals surface area contributed by atoms with Gasteiger partial charge in [0.05, 0.1) is 36.9 Å².